The van der Waals surface area contributed by atoms with Crippen LogP contribution in [-0.4, -0.2) is 12.1 Å². The molecule has 6 heteroatoms. The molecule has 0 radical (unpaired) electrons. The molecule has 0 amide bonds. The quantitative estimate of drug-likeness (QED) is 0.605. The summed E-state index contributed by atoms with van der Waals surface area (Å²) in [6, 6.07) is 11.8. The first-order chi connectivity index (χ1) is 12.8. The Hall–Kier alpha value is -3.15. The molecule has 0 spiro atoms. The Balaban J connectivity index is 2.43. The number of halogens is 3. The second kappa shape index (κ2) is 7.23. The van der Waals surface area contributed by atoms with Crippen LogP contribution in [0.2, 0.25) is 0 Å². The number of fused-ring (bicyclic) bond motifs is 1. The van der Waals surface area contributed by atoms with E-state index in [1.54, 1.807) is 24.3 Å². The third-order valence-corrected chi connectivity index (χ3v) is 4.23. The summed E-state index contributed by atoms with van der Waals surface area (Å²) in [6.07, 6.45) is -2.84. The number of ether oxygens (including phenoxy) is 1. The highest BCUT2D eigenvalue weighted by Crippen LogP contribution is 2.35. The molecule has 0 N–H and O–H groups in total. The summed E-state index contributed by atoms with van der Waals surface area (Å²) in [4.78, 5) is 16.6. The van der Waals surface area contributed by atoms with Gasteiger partial charge in [-0.15, -0.1) is 6.58 Å². The number of allylic oxidation sites excluding steroid dienone is 1. The van der Waals surface area contributed by atoms with E-state index in [-0.39, 0.29) is 17.3 Å². The average molecular weight is 371 g/mol. The minimum absolute atomic E-state index is 0.0000936. The topological polar surface area (TPSA) is 39.2 Å². The third kappa shape index (κ3) is 3.69. The first-order valence-corrected chi connectivity index (χ1v) is 8.14. The maximum absolute atomic E-state index is 13.5. The van der Waals surface area contributed by atoms with E-state index in [0.717, 1.165) is 6.07 Å². The van der Waals surface area contributed by atoms with Crippen molar-refractivity contribution in [2.24, 2.45) is 0 Å². The van der Waals surface area contributed by atoms with Gasteiger partial charge in [0.1, 0.15) is 5.75 Å². The second-order valence-corrected chi connectivity index (χ2v) is 5.91. The van der Waals surface area contributed by atoms with E-state index in [1.165, 1.54) is 31.4 Å². The molecule has 0 aliphatic rings. The maximum Gasteiger partial charge on any atom is 0.417 e. The maximum atomic E-state index is 13.5. The molecule has 1 aromatic heterocycles. The summed E-state index contributed by atoms with van der Waals surface area (Å²) in [5, 5.41) is -0.122. The van der Waals surface area contributed by atoms with Crippen molar-refractivity contribution in [1.82, 2.24) is 4.98 Å². The lowest BCUT2D eigenvalue weighted by Crippen LogP contribution is -2.10. The van der Waals surface area contributed by atoms with E-state index in [1.807, 2.05) is 0 Å². The number of methoxy groups -OCH3 is 1. The molecule has 27 heavy (non-hydrogen) atoms. The first kappa shape index (κ1) is 18.6. The normalized spacial score (nSPS) is 11.4. The predicted octanol–water partition coefficient (Wildman–Crippen LogP) is 5.02. The van der Waals surface area contributed by atoms with Crippen LogP contribution in [0, 0.1) is 0 Å². The van der Waals surface area contributed by atoms with Crippen molar-refractivity contribution in [2.45, 2.75) is 12.6 Å². The smallest absolute Gasteiger partial charge is 0.417 e. The van der Waals surface area contributed by atoms with E-state index in [9.17, 15) is 18.0 Å². The molecule has 138 valence electrons. The van der Waals surface area contributed by atoms with Gasteiger partial charge in [0.25, 0.3) is 5.56 Å². The van der Waals surface area contributed by atoms with Crippen LogP contribution in [0.15, 0.2) is 66.0 Å². The molecule has 0 aliphatic heterocycles. The number of rotatable bonds is 4. The minimum atomic E-state index is -4.56. The Labute approximate surface area is 153 Å². The number of hydrogen-bond acceptors (Lipinski definition) is 3. The van der Waals surface area contributed by atoms with Gasteiger partial charge in [-0.25, -0.2) is 4.98 Å². The van der Waals surface area contributed by atoms with Crippen molar-refractivity contribution in [1.29, 1.82) is 0 Å². The van der Waals surface area contributed by atoms with Gasteiger partial charge in [-0.05, 0) is 47.9 Å². The van der Waals surface area contributed by atoms with Gasteiger partial charge in [0, 0.05) is 10.9 Å². The number of hydrogen-bond donors (Lipinski definition) is 0. The van der Waals surface area contributed by atoms with Crippen LogP contribution < -0.4 is 10.3 Å². The molecule has 0 aliphatic carbocycles. The minimum Gasteiger partial charge on any atom is -0.497 e. The highest BCUT2D eigenvalue weighted by molar-refractivity contribution is 5.87. The summed E-state index contributed by atoms with van der Waals surface area (Å²) < 4.78 is 45.6. The zero-order chi connectivity index (χ0) is 19.6. The van der Waals surface area contributed by atoms with E-state index in [2.05, 4.69) is 11.6 Å². The molecule has 3 rings (SSSR count). The average Bonchev–Trinajstić information content (AvgIpc) is 2.78. The summed E-state index contributed by atoms with van der Waals surface area (Å²) in [7, 11) is 1.52. The molecule has 0 fully saturated rings. The first-order valence-electron chi connectivity index (χ1n) is 8.14. The highest BCUT2D eigenvalue weighted by Gasteiger charge is 2.32. The largest absolute Gasteiger partial charge is 0.497 e. The lowest BCUT2D eigenvalue weighted by atomic mass is 9.98. The zero-order valence-corrected chi connectivity index (χ0v) is 14.5. The molecule has 0 bridgehead atoms. The number of benzene rings is 2. The second-order valence-electron chi connectivity index (χ2n) is 5.91. The molecule has 3 aromatic rings. The van der Waals surface area contributed by atoms with Crippen molar-refractivity contribution < 1.29 is 17.9 Å². The standard InChI is InChI=1S/C21H16F3NO2/c1-3-5-15-16(13-8-10-14(27-2)11-9-13)12-17-18(21(22,23)24)6-4-7-19(17)25-20(15)26/h3-4,6-12H,1,5H2,2H3. The van der Waals surface area contributed by atoms with Gasteiger partial charge >= 0.3 is 6.18 Å². The number of aromatic nitrogens is 1. The lowest BCUT2D eigenvalue weighted by molar-refractivity contribution is -0.136. The van der Waals surface area contributed by atoms with Gasteiger partial charge < -0.3 is 4.74 Å². The zero-order valence-electron chi connectivity index (χ0n) is 14.5. The Morgan fingerprint density at radius 1 is 1.15 bits per heavy atom. The third-order valence-electron chi connectivity index (χ3n) is 4.23. The molecule has 0 unspecified atom stereocenters. The Kier molecular flexibility index (Phi) is 4.99. The molecule has 1 heterocycles. The number of nitrogens with zero attached hydrogens (tertiary/aromatic N) is 1. The molecular formula is C21H16F3NO2. The lowest BCUT2D eigenvalue weighted by Gasteiger charge is -2.09. The van der Waals surface area contributed by atoms with Crippen molar-refractivity contribution in [3.05, 3.63) is 82.7 Å². The highest BCUT2D eigenvalue weighted by atomic mass is 19.4. The van der Waals surface area contributed by atoms with Gasteiger partial charge in [0.2, 0.25) is 0 Å². The number of alkyl halides is 3. The summed E-state index contributed by atoms with van der Waals surface area (Å²) in [6.45, 7) is 3.64. The van der Waals surface area contributed by atoms with Crippen molar-refractivity contribution in [3.63, 3.8) is 0 Å². The van der Waals surface area contributed by atoms with Crippen molar-refractivity contribution in [2.75, 3.05) is 7.11 Å². The molecule has 0 atom stereocenters. The van der Waals surface area contributed by atoms with E-state index in [4.69, 9.17) is 4.74 Å². The van der Waals surface area contributed by atoms with Crippen molar-refractivity contribution >= 4 is 10.9 Å². The van der Waals surface area contributed by atoms with Gasteiger partial charge in [0.05, 0.1) is 18.2 Å². The van der Waals surface area contributed by atoms with Gasteiger partial charge in [0.15, 0.2) is 0 Å². The SMILES string of the molecule is C=CCc1c(-c2ccc(OC)cc2)cc2c(C(F)(F)F)cccc2nc1=O. The van der Waals surface area contributed by atoms with Crippen LogP contribution in [0.1, 0.15) is 11.1 Å². The monoisotopic (exact) mass is 371 g/mol. The fourth-order valence-electron chi connectivity index (χ4n) is 2.94. The molecule has 3 nitrogen and oxygen atoms in total. The Morgan fingerprint density at radius 3 is 2.44 bits per heavy atom. The molecule has 0 saturated heterocycles. The van der Waals surface area contributed by atoms with Crippen LogP contribution in [0.5, 0.6) is 5.75 Å². The Morgan fingerprint density at radius 2 is 1.85 bits per heavy atom. The van der Waals surface area contributed by atoms with E-state index in [0.29, 0.717) is 22.4 Å². The van der Waals surface area contributed by atoms with Crippen LogP contribution >= 0.6 is 0 Å². The van der Waals surface area contributed by atoms with Crippen LogP contribution in [-0.2, 0) is 12.6 Å². The van der Waals surface area contributed by atoms with Crippen molar-refractivity contribution in [3.8, 4) is 16.9 Å². The summed E-state index contributed by atoms with van der Waals surface area (Å²) >= 11 is 0. The van der Waals surface area contributed by atoms with Gasteiger partial charge in [-0.2, -0.15) is 13.2 Å². The molecular weight excluding hydrogens is 355 g/mol. The van der Waals surface area contributed by atoms with Crippen LogP contribution in [0.3, 0.4) is 0 Å². The van der Waals surface area contributed by atoms with Crippen LogP contribution in [0.4, 0.5) is 13.2 Å². The molecule has 2 aromatic carbocycles. The van der Waals surface area contributed by atoms with E-state index >= 15 is 0 Å². The summed E-state index contributed by atoms with van der Waals surface area (Å²) in [5.74, 6) is 0.602. The fraction of sp³-hybridized carbons (Fsp3) is 0.143. The van der Waals surface area contributed by atoms with Gasteiger partial charge in [-0.3, -0.25) is 4.79 Å². The van der Waals surface area contributed by atoms with Gasteiger partial charge in [-0.1, -0.05) is 24.3 Å². The predicted molar refractivity (Wildman–Crippen MR) is 98.9 cm³/mol. The van der Waals surface area contributed by atoms with E-state index < -0.39 is 17.3 Å². The summed E-state index contributed by atoms with van der Waals surface area (Å²) in [5.41, 5.74) is -0.125. The van der Waals surface area contributed by atoms with Crippen LogP contribution in [0.25, 0.3) is 22.0 Å². The fourth-order valence-corrected chi connectivity index (χ4v) is 2.94. The Bertz CT molecular complexity index is 1060. The molecule has 0 saturated carbocycles.